The average molecular weight is 287 g/mol. The molecule has 1 atom stereocenters. The second kappa shape index (κ2) is 6.26. The molecular weight excluding hydrogens is 270 g/mol. The van der Waals surface area contributed by atoms with E-state index in [-0.39, 0.29) is 5.56 Å². The molecule has 2 aromatic rings. The lowest BCUT2D eigenvalue weighted by molar-refractivity contribution is 0.0335. The summed E-state index contributed by atoms with van der Waals surface area (Å²) in [5, 5.41) is 0. The predicted octanol–water partition coefficient (Wildman–Crippen LogP) is 2.61. The summed E-state index contributed by atoms with van der Waals surface area (Å²) in [6.45, 7) is 3.49. The molecule has 5 heteroatoms. The summed E-state index contributed by atoms with van der Waals surface area (Å²) in [6.07, 6.45) is -0.478. The van der Waals surface area contributed by atoms with E-state index in [1.54, 1.807) is 33.1 Å². The van der Waals surface area contributed by atoms with Crippen molar-refractivity contribution in [3.63, 3.8) is 0 Å². The Morgan fingerprint density at radius 2 is 2.00 bits per heavy atom. The van der Waals surface area contributed by atoms with Crippen molar-refractivity contribution in [2.75, 3.05) is 7.11 Å². The van der Waals surface area contributed by atoms with Crippen molar-refractivity contribution in [3.05, 3.63) is 63.6 Å². The Kier molecular flexibility index (Phi) is 4.42. The minimum absolute atomic E-state index is 0.00431. The molecule has 0 aliphatic carbocycles. The van der Waals surface area contributed by atoms with Crippen molar-refractivity contribution in [1.29, 1.82) is 0 Å². The topological polar surface area (TPSA) is 68.4 Å². The number of H-pyrrole nitrogens is 1. The monoisotopic (exact) mass is 287 g/mol. The number of rotatable bonds is 4. The van der Waals surface area contributed by atoms with Gasteiger partial charge in [0.2, 0.25) is 0 Å². The number of benzene rings is 1. The number of esters is 1. The molecule has 0 amide bonds. The number of pyridine rings is 1. The van der Waals surface area contributed by atoms with Crippen LogP contribution in [0, 0.1) is 6.92 Å². The van der Waals surface area contributed by atoms with Crippen molar-refractivity contribution in [3.8, 4) is 5.75 Å². The highest BCUT2D eigenvalue weighted by molar-refractivity contribution is 5.89. The van der Waals surface area contributed by atoms with Crippen molar-refractivity contribution in [1.82, 2.24) is 4.98 Å². The van der Waals surface area contributed by atoms with Crippen LogP contribution in [0.4, 0.5) is 0 Å². The number of aromatic amines is 1. The van der Waals surface area contributed by atoms with Gasteiger partial charge < -0.3 is 14.5 Å². The maximum Gasteiger partial charge on any atom is 0.344 e. The van der Waals surface area contributed by atoms with Gasteiger partial charge in [-0.15, -0.1) is 0 Å². The third kappa shape index (κ3) is 3.51. The first kappa shape index (κ1) is 14.8. The number of hydrogen-bond donors (Lipinski definition) is 1. The first-order chi connectivity index (χ1) is 10.0. The molecule has 2 rings (SSSR count). The van der Waals surface area contributed by atoms with Gasteiger partial charge in [0.15, 0.2) is 0 Å². The van der Waals surface area contributed by atoms with Crippen molar-refractivity contribution in [2.45, 2.75) is 20.0 Å². The molecule has 0 aliphatic heterocycles. The summed E-state index contributed by atoms with van der Waals surface area (Å²) >= 11 is 0. The fraction of sp³-hybridized carbons (Fsp3) is 0.250. The molecule has 0 saturated carbocycles. The Hall–Kier alpha value is -2.56. The van der Waals surface area contributed by atoms with Crippen molar-refractivity contribution in [2.24, 2.45) is 0 Å². The number of carbonyl (C=O) groups is 1. The molecule has 21 heavy (non-hydrogen) atoms. The number of carbonyl (C=O) groups excluding carboxylic acids is 1. The van der Waals surface area contributed by atoms with Crippen molar-refractivity contribution < 1.29 is 14.3 Å². The van der Waals surface area contributed by atoms with Crippen LogP contribution in [-0.4, -0.2) is 18.1 Å². The molecule has 0 aliphatic rings. The summed E-state index contributed by atoms with van der Waals surface area (Å²) in [4.78, 5) is 26.3. The molecule has 0 bridgehead atoms. The third-order valence-corrected chi connectivity index (χ3v) is 3.12. The number of ether oxygens (including phenoxy) is 2. The minimum Gasteiger partial charge on any atom is -0.497 e. The highest BCUT2D eigenvalue weighted by Gasteiger charge is 2.17. The van der Waals surface area contributed by atoms with Crippen LogP contribution in [0.15, 0.2) is 41.2 Å². The van der Waals surface area contributed by atoms with Gasteiger partial charge in [-0.1, -0.05) is 12.1 Å². The van der Waals surface area contributed by atoms with Gasteiger partial charge in [-0.05, 0) is 43.7 Å². The van der Waals surface area contributed by atoms with Crippen LogP contribution in [-0.2, 0) is 4.74 Å². The van der Waals surface area contributed by atoms with E-state index in [2.05, 4.69) is 4.98 Å². The maximum absolute atomic E-state index is 12.0. The molecule has 1 N–H and O–H groups in total. The van der Waals surface area contributed by atoms with Crippen LogP contribution >= 0.6 is 0 Å². The molecule has 5 nitrogen and oxygen atoms in total. The van der Waals surface area contributed by atoms with Gasteiger partial charge in [0.25, 0.3) is 5.56 Å². The predicted molar refractivity (Wildman–Crippen MR) is 78.6 cm³/mol. The normalized spacial score (nSPS) is 11.8. The van der Waals surface area contributed by atoms with Gasteiger partial charge in [0, 0.05) is 5.69 Å². The van der Waals surface area contributed by atoms with Gasteiger partial charge in [-0.25, -0.2) is 4.79 Å². The van der Waals surface area contributed by atoms with E-state index in [4.69, 9.17) is 9.47 Å². The minimum atomic E-state index is -0.647. The van der Waals surface area contributed by atoms with E-state index in [0.29, 0.717) is 11.4 Å². The van der Waals surface area contributed by atoms with Gasteiger partial charge in [0.05, 0.1) is 7.11 Å². The molecule has 110 valence electrons. The standard InChI is InChI=1S/C16H17NO4/c1-10-7-8-14(15(18)17-10)16(19)21-11(2)12-5-4-6-13(9-12)20-3/h4-9,11H,1-3H3,(H,17,18)/t11-/m0/s1. The zero-order valence-electron chi connectivity index (χ0n) is 12.2. The second-order valence-electron chi connectivity index (χ2n) is 4.71. The maximum atomic E-state index is 12.0. The van der Waals surface area contributed by atoms with E-state index in [9.17, 15) is 9.59 Å². The molecular formula is C16H17NO4. The van der Waals surface area contributed by atoms with Crippen LogP contribution in [0.3, 0.4) is 0 Å². The Bertz CT molecular complexity index is 705. The third-order valence-electron chi connectivity index (χ3n) is 3.12. The summed E-state index contributed by atoms with van der Waals surface area (Å²) in [5.74, 6) is 0.0372. The molecule has 0 saturated heterocycles. The van der Waals surface area contributed by atoms with E-state index in [1.165, 1.54) is 6.07 Å². The number of hydrogen-bond acceptors (Lipinski definition) is 4. The fourth-order valence-electron chi connectivity index (χ4n) is 1.92. The zero-order valence-corrected chi connectivity index (χ0v) is 12.2. The van der Waals surface area contributed by atoms with Gasteiger partial charge in [-0.2, -0.15) is 0 Å². The SMILES string of the molecule is COc1cccc([C@H](C)OC(=O)c2ccc(C)[nH]c2=O)c1. The van der Waals surface area contributed by atoms with E-state index in [0.717, 1.165) is 5.56 Å². The van der Waals surface area contributed by atoms with Gasteiger partial charge >= 0.3 is 5.97 Å². The Morgan fingerprint density at radius 3 is 2.67 bits per heavy atom. The van der Waals surface area contributed by atoms with Crippen molar-refractivity contribution >= 4 is 5.97 Å². The van der Waals surface area contributed by atoms with Gasteiger partial charge in [-0.3, -0.25) is 4.79 Å². The Labute approximate surface area is 122 Å². The largest absolute Gasteiger partial charge is 0.497 e. The summed E-state index contributed by atoms with van der Waals surface area (Å²) in [5.41, 5.74) is 1.04. The average Bonchev–Trinajstić information content (AvgIpc) is 2.47. The van der Waals surface area contributed by atoms with Gasteiger partial charge in [0.1, 0.15) is 17.4 Å². The Balaban J connectivity index is 2.16. The van der Waals surface area contributed by atoms with E-state index >= 15 is 0 Å². The highest BCUT2D eigenvalue weighted by atomic mass is 16.5. The fourth-order valence-corrected chi connectivity index (χ4v) is 1.92. The second-order valence-corrected chi connectivity index (χ2v) is 4.71. The molecule has 1 aromatic carbocycles. The summed E-state index contributed by atoms with van der Waals surface area (Å²) < 4.78 is 10.5. The smallest absolute Gasteiger partial charge is 0.344 e. The Morgan fingerprint density at radius 1 is 1.24 bits per heavy atom. The quantitative estimate of drug-likeness (QED) is 0.878. The van der Waals surface area contributed by atoms with E-state index in [1.807, 2.05) is 18.2 Å². The lowest BCUT2D eigenvalue weighted by atomic mass is 10.1. The number of aryl methyl sites for hydroxylation is 1. The van der Waals surface area contributed by atoms with Crippen LogP contribution in [0.5, 0.6) is 5.75 Å². The molecule has 0 unspecified atom stereocenters. The summed E-state index contributed by atoms with van der Waals surface area (Å²) in [6, 6.07) is 10.4. The van der Waals surface area contributed by atoms with Crippen LogP contribution in [0.1, 0.15) is 34.6 Å². The molecule has 0 radical (unpaired) electrons. The first-order valence-corrected chi connectivity index (χ1v) is 6.56. The molecule has 0 fully saturated rings. The highest BCUT2D eigenvalue weighted by Crippen LogP contribution is 2.22. The number of nitrogens with one attached hydrogen (secondary N) is 1. The van der Waals surface area contributed by atoms with Crippen LogP contribution in [0.25, 0.3) is 0 Å². The number of methoxy groups -OCH3 is 1. The number of aromatic nitrogens is 1. The lowest BCUT2D eigenvalue weighted by Crippen LogP contribution is -2.21. The lowest BCUT2D eigenvalue weighted by Gasteiger charge is -2.14. The van der Waals surface area contributed by atoms with Crippen LogP contribution in [0.2, 0.25) is 0 Å². The molecule has 1 aromatic heterocycles. The first-order valence-electron chi connectivity index (χ1n) is 6.56. The van der Waals surface area contributed by atoms with E-state index < -0.39 is 17.6 Å². The molecule has 0 spiro atoms. The summed E-state index contributed by atoms with van der Waals surface area (Å²) in [7, 11) is 1.57. The zero-order chi connectivity index (χ0) is 15.4. The van der Waals surface area contributed by atoms with Crippen LogP contribution < -0.4 is 10.3 Å². The molecule has 1 heterocycles.